The SMILES string of the molecule is CC(C)(C)OC(=O)N1C[C@@]2(C[C@H]1CN)CC2(F)F. The van der Waals surface area contributed by atoms with E-state index in [1.807, 2.05) is 0 Å². The minimum absolute atomic E-state index is 0.0524. The molecule has 1 spiro atoms. The molecule has 104 valence electrons. The van der Waals surface area contributed by atoms with E-state index in [1.165, 1.54) is 4.90 Å². The van der Waals surface area contributed by atoms with Gasteiger partial charge in [0, 0.05) is 25.6 Å². The molecule has 0 radical (unpaired) electrons. The van der Waals surface area contributed by atoms with Crippen LogP contribution in [0.1, 0.15) is 33.6 Å². The number of amides is 1. The summed E-state index contributed by atoms with van der Waals surface area (Å²) in [7, 11) is 0. The third-order valence-corrected chi connectivity index (χ3v) is 3.65. The fraction of sp³-hybridized carbons (Fsp3) is 0.917. The van der Waals surface area contributed by atoms with Gasteiger partial charge in [-0.05, 0) is 27.2 Å². The molecular formula is C12H20F2N2O2. The Morgan fingerprint density at radius 1 is 1.50 bits per heavy atom. The van der Waals surface area contributed by atoms with Crippen LogP contribution in [0, 0.1) is 5.41 Å². The van der Waals surface area contributed by atoms with Gasteiger partial charge in [0.25, 0.3) is 5.92 Å². The summed E-state index contributed by atoms with van der Waals surface area (Å²) in [6, 6.07) is -0.340. The van der Waals surface area contributed by atoms with Crippen molar-refractivity contribution in [2.45, 2.75) is 51.2 Å². The van der Waals surface area contributed by atoms with E-state index in [-0.39, 0.29) is 32.0 Å². The zero-order chi connectivity index (χ0) is 13.8. The van der Waals surface area contributed by atoms with Gasteiger partial charge >= 0.3 is 6.09 Å². The molecule has 1 aliphatic heterocycles. The van der Waals surface area contributed by atoms with E-state index in [0.717, 1.165) is 0 Å². The maximum absolute atomic E-state index is 13.4. The molecule has 0 aromatic carbocycles. The molecule has 0 unspecified atom stereocenters. The Morgan fingerprint density at radius 3 is 2.44 bits per heavy atom. The lowest BCUT2D eigenvalue weighted by Crippen LogP contribution is -2.43. The predicted molar refractivity (Wildman–Crippen MR) is 62.4 cm³/mol. The van der Waals surface area contributed by atoms with Gasteiger partial charge in [-0.25, -0.2) is 13.6 Å². The first kappa shape index (κ1) is 13.5. The van der Waals surface area contributed by atoms with Gasteiger partial charge in [-0.3, -0.25) is 0 Å². The Kier molecular flexibility index (Phi) is 2.85. The van der Waals surface area contributed by atoms with Crippen LogP contribution in [0.15, 0.2) is 0 Å². The molecule has 0 aromatic rings. The highest BCUT2D eigenvalue weighted by Gasteiger charge is 2.74. The van der Waals surface area contributed by atoms with Crippen molar-refractivity contribution in [3.05, 3.63) is 0 Å². The first-order chi connectivity index (χ1) is 8.10. The van der Waals surface area contributed by atoms with Crippen molar-refractivity contribution in [2.24, 2.45) is 11.1 Å². The zero-order valence-corrected chi connectivity index (χ0v) is 11.0. The highest BCUT2D eigenvalue weighted by molar-refractivity contribution is 5.69. The van der Waals surface area contributed by atoms with Gasteiger partial charge in [0.1, 0.15) is 5.60 Å². The number of ether oxygens (including phenoxy) is 1. The van der Waals surface area contributed by atoms with Crippen LogP contribution in [0.5, 0.6) is 0 Å². The summed E-state index contributed by atoms with van der Waals surface area (Å²) >= 11 is 0. The molecule has 2 fully saturated rings. The predicted octanol–water partition coefficient (Wildman–Crippen LogP) is 1.98. The lowest BCUT2D eigenvalue weighted by atomic mass is 10.0. The molecule has 18 heavy (non-hydrogen) atoms. The van der Waals surface area contributed by atoms with E-state index in [9.17, 15) is 13.6 Å². The molecule has 2 atom stereocenters. The summed E-state index contributed by atoms with van der Waals surface area (Å²) in [4.78, 5) is 13.3. The number of rotatable bonds is 1. The number of carbonyl (C=O) groups is 1. The van der Waals surface area contributed by atoms with Crippen molar-refractivity contribution in [3.8, 4) is 0 Å². The van der Waals surface area contributed by atoms with Crippen molar-refractivity contribution in [1.29, 1.82) is 0 Å². The van der Waals surface area contributed by atoms with Gasteiger partial charge in [-0.1, -0.05) is 0 Å². The average molecular weight is 262 g/mol. The molecule has 1 heterocycles. The van der Waals surface area contributed by atoms with Gasteiger partial charge < -0.3 is 15.4 Å². The van der Waals surface area contributed by atoms with Crippen LogP contribution in [0.25, 0.3) is 0 Å². The molecule has 0 bridgehead atoms. The van der Waals surface area contributed by atoms with Gasteiger partial charge in [0.15, 0.2) is 0 Å². The fourth-order valence-electron chi connectivity index (χ4n) is 2.60. The summed E-state index contributed by atoms with van der Waals surface area (Å²) in [5, 5.41) is 0. The smallest absolute Gasteiger partial charge is 0.410 e. The number of hydrogen-bond donors (Lipinski definition) is 1. The lowest BCUT2D eigenvalue weighted by Gasteiger charge is -2.27. The average Bonchev–Trinajstić information content (AvgIpc) is 2.54. The molecular weight excluding hydrogens is 242 g/mol. The first-order valence-corrected chi connectivity index (χ1v) is 6.18. The number of likely N-dealkylation sites (tertiary alicyclic amines) is 1. The minimum Gasteiger partial charge on any atom is -0.444 e. The minimum atomic E-state index is -2.66. The van der Waals surface area contributed by atoms with Crippen LogP contribution in [0.4, 0.5) is 13.6 Å². The number of nitrogens with zero attached hydrogens (tertiary/aromatic N) is 1. The van der Waals surface area contributed by atoms with E-state index >= 15 is 0 Å². The molecule has 6 heteroatoms. The number of halogens is 2. The van der Waals surface area contributed by atoms with Gasteiger partial charge in [-0.2, -0.15) is 0 Å². The molecule has 4 nitrogen and oxygen atoms in total. The van der Waals surface area contributed by atoms with Crippen molar-refractivity contribution < 1.29 is 18.3 Å². The third kappa shape index (κ3) is 2.18. The third-order valence-electron chi connectivity index (χ3n) is 3.65. The van der Waals surface area contributed by atoms with Gasteiger partial charge in [-0.15, -0.1) is 0 Å². The Hall–Kier alpha value is -0.910. The largest absolute Gasteiger partial charge is 0.444 e. The molecule has 2 aliphatic rings. The normalized spacial score (nSPS) is 33.9. The van der Waals surface area contributed by atoms with Crippen LogP contribution in [-0.2, 0) is 4.74 Å². The molecule has 2 rings (SSSR count). The monoisotopic (exact) mass is 262 g/mol. The Morgan fingerprint density at radius 2 is 2.06 bits per heavy atom. The first-order valence-electron chi connectivity index (χ1n) is 6.18. The van der Waals surface area contributed by atoms with Crippen molar-refractivity contribution in [1.82, 2.24) is 4.90 Å². The van der Waals surface area contributed by atoms with Crippen molar-refractivity contribution in [3.63, 3.8) is 0 Å². The second-order valence-electron chi connectivity index (χ2n) is 6.36. The summed E-state index contributed by atoms with van der Waals surface area (Å²) in [5.74, 6) is -2.66. The standard InChI is InChI=1S/C12H20F2N2O2/c1-10(2,3)18-9(17)16-7-11(4-8(16)5-15)6-12(11,13)14/h8H,4-7,15H2,1-3H3/t8-,11+/m0/s1. The van der Waals surface area contributed by atoms with Crippen LogP contribution in [0.3, 0.4) is 0 Å². The summed E-state index contributed by atoms with van der Waals surface area (Å²) in [5.41, 5.74) is 3.89. The summed E-state index contributed by atoms with van der Waals surface area (Å²) in [6.07, 6.45) is -0.413. The lowest BCUT2D eigenvalue weighted by molar-refractivity contribution is 0.0203. The van der Waals surface area contributed by atoms with E-state index < -0.39 is 23.0 Å². The number of alkyl halides is 2. The number of nitrogens with two attached hydrogens (primary N) is 1. The van der Waals surface area contributed by atoms with Crippen LogP contribution in [0.2, 0.25) is 0 Å². The van der Waals surface area contributed by atoms with Crippen LogP contribution in [-0.4, -0.2) is 41.6 Å². The Balaban J connectivity index is 2.07. The molecule has 1 aliphatic carbocycles. The van der Waals surface area contributed by atoms with E-state index in [1.54, 1.807) is 20.8 Å². The van der Waals surface area contributed by atoms with E-state index in [2.05, 4.69) is 0 Å². The highest BCUT2D eigenvalue weighted by Crippen LogP contribution is 2.66. The second kappa shape index (κ2) is 3.79. The van der Waals surface area contributed by atoms with Crippen molar-refractivity contribution >= 4 is 6.09 Å². The van der Waals surface area contributed by atoms with Crippen LogP contribution < -0.4 is 5.73 Å². The summed E-state index contributed by atoms with van der Waals surface area (Å²) < 4.78 is 31.9. The van der Waals surface area contributed by atoms with Crippen LogP contribution >= 0.6 is 0 Å². The fourth-order valence-corrected chi connectivity index (χ4v) is 2.60. The molecule has 1 amide bonds. The van der Waals surface area contributed by atoms with E-state index in [4.69, 9.17) is 10.5 Å². The maximum Gasteiger partial charge on any atom is 0.410 e. The number of hydrogen-bond acceptors (Lipinski definition) is 3. The zero-order valence-electron chi connectivity index (χ0n) is 11.0. The van der Waals surface area contributed by atoms with E-state index in [0.29, 0.717) is 0 Å². The number of carbonyl (C=O) groups excluding carboxylic acids is 1. The Labute approximate surface area is 105 Å². The highest BCUT2D eigenvalue weighted by atomic mass is 19.3. The molecule has 1 saturated heterocycles. The molecule has 1 saturated carbocycles. The van der Waals surface area contributed by atoms with Gasteiger partial charge in [0.05, 0.1) is 5.41 Å². The topological polar surface area (TPSA) is 55.6 Å². The van der Waals surface area contributed by atoms with Gasteiger partial charge in [0.2, 0.25) is 0 Å². The molecule has 0 aromatic heterocycles. The maximum atomic E-state index is 13.4. The van der Waals surface area contributed by atoms with Crippen molar-refractivity contribution in [2.75, 3.05) is 13.1 Å². The second-order valence-corrected chi connectivity index (χ2v) is 6.36. The molecule has 2 N–H and O–H groups in total. The quantitative estimate of drug-likeness (QED) is 0.786. The summed E-state index contributed by atoms with van der Waals surface area (Å²) in [6.45, 7) is 5.49. The Bertz CT molecular complexity index is 368.